The maximum atomic E-state index is 5.17. The van der Waals surface area contributed by atoms with Gasteiger partial charge < -0.3 is 9.84 Å². The standard InChI is InChI=1S/C13H17N3O/c1-9(13-10(2)16-17-11(13)3)15-8-12-4-6-14-7-5-12/h4-7,9,15H,8H2,1-3H3. The maximum Gasteiger partial charge on any atom is 0.138 e. The zero-order chi connectivity index (χ0) is 12.3. The molecule has 1 atom stereocenters. The summed E-state index contributed by atoms with van der Waals surface area (Å²) in [5.74, 6) is 0.886. The zero-order valence-electron chi connectivity index (χ0n) is 10.4. The van der Waals surface area contributed by atoms with Gasteiger partial charge >= 0.3 is 0 Å². The van der Waals surface area contributed by atoms with Gasteiger partial charge in [-0.3, -0.25) is 4.98 Å². The minimum atomic E-state index is 0.231. The predicted octanol–water partition coefficient (Wildman–Crippen LogP) is 2.54. The van der Waals surface area contributed by atoms with Crippen LogP contribution in [0.25, 0.3) is 0 Å². The van der Waals surface area contributed by atoms with Crippen molar-refractivity contribution in [2.75, 3.05) is 0 Å². The second-order valence-electron chi connectivity index (χ2n) is 4.20. The van der Waals surface area contributed by atoms with E-state index in [1.807, 2.05) is 26.0 Å². The smallest absolute Gasteiger partial charge is 0.138 e. The highest BCUT2D eigenvalue weighted by molar-refractivity contribution is 5.24. The van der Waals surface area contributed by atoms with E-state index < -0.39 is 0 Å². The van der Waals surface area contributed by atoms with Gasteiger partial charge in [0.15, 0.2) is 0 Å². The number of aromatic nitrogens is 2. The largest absolute Gasteiger partial charge is 0.361 e. The summed E-state index contributed by atoms with van der Waals surface area (Å²) in [6.45, 7) is 6.85. The molecule has 0 fully saturated rings. The number of nitrogens with one attached hydrogen (secondary N) is 1. The molecule has 4 heteroatoms. The molecule has 2 heterocycles. The van der Waals surface area contributed by atoms with Gasteiger partial charge in [0.1, 0.15) is 5.76 Å². The molecule has 90 valence electrons. The third-order valence-corrected chi connectivity index (χ3v) is 2.88. The quantitative estimate of drug-likeness (QED) is 0.878. The van der Waals surface area contributed by atoms with Crippen molar-refractivity contribution >= 4 is 0 Å². The fourth-order valence-electron chi connectivity index (χ4n) is 1.98. The molecule has 0 aromatic carbocycles. The summed E-state index contributed by atoms with van der Waals surface area (Å²) >= 11 is 0. The Morgan fingerprint density at radius 1 is 1.29 bits per heavy atom. The molecule has 1 unspecified atom stereocenters. The third-order valence-electron chi connectivity index (χ3n) is 2.88. The van der Waals surface area contributed by atoms with Crippen molar-refractivity contribution in [2.24, 2.45) is 0 Å². The first-order chi connectivity index (χ1) is 8.18. The number of pyridine rings is 1. The highest BCUT2D eigenvalue weighted by atomic mass is 16.5. The highest BCUT2D eigenvalue weighted by Crippen LogP contribution is 2.21. The summed E-state index contributed by atoms with van der Waals surface area (Å²) in [5, 5.41) is 7.42. The van der Waals surface area contributed by atoms with E-state index in [-0.39, 0.29) is 6.04 Å². The van der Waals surface area contributed by atoms with Crippen LogP contribution in [0.3, 0.4) is 0 Å². The Labute approximate surface area is 101 Å². The summed E-state index contributed by atoms with van der Waals surface area (Å²) in [6, 6.07) is 4.24. The summed E-state index contributed by atoms with van der Waals surface area (Å²) in [4.78, 5) is 4.00. The van der Waals surface area contributed by atoms with Crippen LogP contribution in [-0.2, 0) is 6.54 Å². The SMILES string of the molecule is Cc1noc(C)c1C(C)NCc1ccncc1. The highest BCUT2D eigenvalue weighted by Gasteiger charge is 2.15. The third kappa shape index (κ3) is 2.71. The van der Waals surface area contributed by atoms with Crippen LogP contribution in [-0.4, -0.2) is 10.1 Å². The molecule has 0 radical (unpaired) electrons. The van der Waals surface area contributed by atoms with Crippen molar-refractivity contribution in [2.45, 2.75) is 33.4 Å². The molecule has 0 aliphatic rings. The van der Waals surface area contributed by atoms with E-state index in [1.165, 1.54) is 5.56 Å². The summed E-state index contributed by atoms with van der Waals surface area (Å²) < 4.78 is 5.17. The van der Waals surface area contributed by atoms with Gasteiger partial charge in [0, 0.05) is 30.5 Å². The lowest BCUT2D eigenvalue weighted by molar-refractivity contribution is 0.390. The van der Waals surface area contributed by atoms with E-state index >= 15 is 0 Å². The number of hydrogen-bond donors (Lipinski definition) is 1. The molecule has 0 aliphatic heterocycles. The molecule has 0 amide bonds. The molecule has 4 nitrogen and oxygen atoms in total. The minimum absolute atomic E-state index is 0.231. The minimum Gasteiger partial charge on any atom is -0.361 e. The van der Waals surface area contributed by atoms with E-state index in [4.69, 9.17) is 4.52 Å². The van der Waals surface area contributed by atoms with Crippen molar-refractivity contribution in [1.29, 1.82) is 0 Å². The molecule has 0 saturated heterocycles. The van der Waals surface area contributed by atoms with E-state index in [0.29, 0.717) is 0 Å². The van der Waals surface area contributed by atoms with Gasteiger partial charge in [-0.25, -0.2) is 0 Å². The van der Waals surface area contributed by atoms with E-state index in [2.05, 4.69) is 22.4 Å². The molecule has 0 bridgehead atoms. The fourth-order valence-corrected chi connectivity index (χ4v) is 1.98. The molecule has 2 rings (SSSR count). The Balaban J connectivity index is 2.01. The second-order valence-corrected chi connectivity index (χ2v) is 4.20. The summed E-state index contributed by atoms with van der Waals surface area (Å²) in [5.41, 5.74) is 3.33. The average Bonchev–Trinajstić information content (AvgIpc) is 2.67. The molecule has 2 aromatic rings. The van der Waals surface area contributed by atoms with Gasteiger partial charge in [-0.2, -0.15) is 0 Å². The van der Waals surface area contributed by atoms with E-state index in [9.17, 15) is 0 Å². The Kier molecular flexibility index (Phi) is 3.54. The number of hydrogen-bond acceptors (Lipinski definition) is 4. The first-order valence-electron chi connectivity index (χ1n) is 5.73. The Morgan fingerprint density at radius 3 is 2.59 bits per heavy atom. The van der Waals surface area contributed by atoms with Gasteiger partial charge in [-0.05, 0) is 38.5 Å². The Hall–Kier alpha value is -1.68. The predicted molar refractivity (Wildman–Crippen MR) is 65.5 cm³/mol. The number of aryl methyl sites for hydroxylation is 2. The van der Waals surface area contributed by atoms with Crippen LogP contribution in [0.15, 0.2) is 29.0 Å². The Bertz CT molecular complexity index is 459. The average molecular weight is 231 g/mol. The van der Waals surface area contributed by atoms with Crippen molar-refractivity contribution in [3.63, 3.8) is 0 Å². The van der Waals surface area contributed by atoms with Crippen LogP contribution >= 0.6 is 0 Å². The molecule has 1 N–H and O–H groups in total. The van der Waals surface area contributed by atoms with Crippen molar-refractivity contribution in [3.8, 4) is 0 Å². The fraction of sp³-hybridized carbons (Fsp3) is 0.385. The van der Waals surface area contributed by atoms with Gasteiger partial charge in [-0.1, -0.05) is 5.16 Å². The second kappa shape index (κ2) is 5.10. The van der Waals surface area contributed by atoms with Crippen LogP contribution in [0.1, 0.15) is 35.5 Å². The lowest BCUT2D eigenvalue weighted by Gasteiger charge is -2.13. The first-order valence-corrected chi connectivity index (χ1v) is 5.73. The molecular formula is C13H17N3O. The molecule has 2 aromatic heterocycles. The zero-order valence-corrected chi connectivity index (χ0v) is 10.4. The first kappa shape index (κ1) is 11.8. The summed E-state index contributed by atoms with van der Waals surface area (Å²) in [7, 11) is 0. The number of nitrogens with zero attached hydrogens (tertiary/aromatic N) is 2. The van der Waals surface area contributed by atoms with Crippen LogP contribution in [0, 0.1) is 13.8 Å². The lowest BCUT2D eigenvalue weighted by Crippen LogP contribution is -2.19. The number of rotatable bonds is 4. The lowest BCUT2D eigenvalue weighted by atomic mass is 10.1. The van der Waals surface area contributed by atoms with E-state index in [1.54, 1.807) is 12.4 Å². The van der Waals surface area contributed by atoms with Crippen molar-refractivity contribution in [1.82, 2.24) is 15.5 Å². The van der Waals surface area contributed by atoms with Gasteiger partial charge in [0.05, 0.1) is 5.69 Å². The Morgan fingerprint density at radius 2 is 2.00 bits per heavy atom. The van der Waals surface area contributed by atoms with Gasteiger partial charge in [0.25, 0.3) is 0 Å². The topological polar surface area (TPSA) is 51.0 Å². The molecular weight excluding hydrogens is 214 g/mol. The van der Waals surface area contributed by atoms with Crippen LogP contribution in [0.5, 0.6) is 0 Å². The van der Waals surface area contributed by atoms with Crippen molar-refractivity contribution < 1.29 is 4.52 Å². The van der Waals surface area contributed by atoms with E-state index in [0.717, 1.165) is 23.6 Å². The summed E-state index contributed by atoms with van der Waals surface area (Å²) in [6.07, 6.45) is 3.61. The van der Waals surface area contributed by atoms with Crippen molar-refractivity contribution in [3.05, 3.63) is 47.1 Å². The molecule has 0 aliphatic carbocycles. The van der Waals surface area contributed by atoms with Gasteiger partial charge in [-0.15, -0.1) is 0 Å². The molecule has 0 spiro atoms. The van der Waals surface area contributed by atoms with Crippen LogP contribution in [0.4, 0.5) is 0 Å². The normalized spacial score (nSPS) is 12.6. The maximum absolute atomic E-state index is 5.17. The van der Waals surface area contributed by atoms with Crippen LogP contribution < -0.4 is 5.32 Å². The molecule has 17 heavy (non-hydrogen) atoms. The molecule has 0 saturated carbocycles. The van der Waals surface area contributed by atoms with Crippen LogP contribution in [0.2, 0.25) is 0 Å². The van der Waals surface area contributed by atoms with Gasteiger partial charge in [0.2, 0.25) is 0 Å². The monoisotopic (exact) mass is 231 g/mol.